The average molecular weight is 417 g/mol. The van der Waals surface area contributed by atoms with Crippen molar-refractivity contribution in [1.82, 2.24) is 9.55 Å². The molecule has 0 radical (unpaired) electrons. The third kappa shape index (κ3) is 3.77. The van der Waals surface area contributed by atoms with E-state index >= 15 is 0 Å². The Balaban J connectivity index is 1.96. The smallest absolute Gasteiger partial charge is 0.258 e. The molecular weight excluding hydrogens is 388 g/mol. The number of hydrogen-bond acceptors (Lipinski definition) is 3. The number of benzene rings is 2. The molecule has 3 aromatic rings. The summed E-state index contributed by atoms with van der Waals surface area (Å²) in [5, 5.41) is 0.765. The topological polar surface area (TPSA) is 34.9 Å². The number of rotatable bonds is 6. The molecule has 154 valence electrons. The standard InChI is InChI=1S/C26H28N2OS/c1-5-26(4)15-20-13-9-10-14-21(20)23-22(26)24(29)28(16-19-11-7-6-8-12-19)25(27-23)30-17-18(2)3/h6-14H,2,5,15-17H2,1,3-4H3. The monoisotopic (exact) mass is 416 g/mol. The molecule has 1 aliphatic rings. The Morgan fingerprint density at radius 3 is 2.57 bits per heavy atom. The van der Waals surface area contributed by atoms with Crippen LogP contribution in [0, 0.1) is 0 Å². The normalized spacial score (nSPS) is 17.3. The highest BCUT2D eigenvalue weighted by Crippen LogP contribution is 2.43. The van der Waals surface area contributed by atoms with Gasteiger partial charge in [-0.2, -0.15) is 0 Å². The van der Waals surface area contributed by atoms with Gasteiger partial charge in [0.05, 0.1) is 17.8 Å². The molecule has 1 aliphatic carbocycles. The third-order valence-corrected chi connectivity index (χ3v) is 7.21. The molecule has 4 heteroatoms. The van der Waals surface area contributed by atoms with E-state index in [-0.39, 0.29) is 11.0 Å². The van der Waals surface area contributed by atoms with Gasteiger partial charge in [0.15, 0.2) is 5.16 Å². The second-order valence-electron chi connectivity index (χ2n) is 8.49. The van der Waals surface area contributed by atoms with Gasteiger partial charge in [-0.25, -0.2) is 4.98 Å². The molecule has 0 saturated heterocycles. The van der Waals surface area contributed by atoms with Gasteiger partial charge in [0.2, 0.25) is 0 Å². The number of aromatic nitrogens is 2. The molecule has 30 heavy (non-hydrogen) atoms. The van der Waals surface area contributed by atoms with Crippen LogP contribution in [0.2, 0.25) is 0 Å². The Bertz CT molecular complexity index is 1150. The van der Waals surface area contributed by atoms with E-state index in [2.05, 4.69) is 50.8 Å². The summed E-state index contributed by atoms with van der Waals surface area (Å²) >= 11 is 1.60. The fraction of sp³-hybridized carbons (Fsp3) is 0.308. The highest BCUT2D eigenvalue weighted by atomic mass is 32.2. The summed E-state index contributed by atoms with van der Waals surface area (Å²) in [6.45, 7) is 10.9. The first-order chi connectivity index (χ1) is 14.4. The van der Waals surface area contributed by atoms with Gasteiger partial charge < -0.3 is 0 Å². The van der Waals surface area contributed by atoms with Crippen molar-refractivity contribution in [1.29, 1.82) is 0 Å². The molecule has 3 nitrogen and oxygen atoms in total. The molecule has 0 saturated carbocycles. The van der Waals surface area contributed by atoms with E-state index in [9.17, 15) is 4.79 Å². The summed E-state index contributed by atoms with van der Waals surface area (Å²) in [5.41, 5.74) is 6.14. The molecule has 0 spiro atoms. The quantitative estimate of drug-likeness (QED) is 0.287. The lowest BCUT2D eigenvalue weighted by atomic mass is 9.69. The minimum absolute atomic E-state index is 0.0897. The second kappa shape index (κ2) is 8.27. The first kappa shape index (κ1) is 20.7. The highest BCUT2D eigenvalue weighted by Gasteiger charge is 2.38. The maximum atomic E-state index is 14.0. The Morgan fingerprint density at radius 2 is 1.87 bits per heavy atom. The predicted molar refractivity (Wildman–Crippen MR) is 126 cm³/mol. The molecule has 0 N–H and O–H groups in total. The molecule has 1 heterocycles. The van der Waals surface area contributed by atoms with Gasteiger partial charge in [-0.05, 0) is 30.9 Å². The van der Waals surface area contributed by atoms with Crippen LogP contribution in [0.1, 0.15) is 43.9 Å². The van der Waals surface area contributed by atoms with Crippen molar-refractivity contribution >= 4 is 11.8 Å². The Hall–Kier alpha value is -2.59. The van der Waals surface area contributed by atoms with Crippen LogP contribution in [-0.4, -0.2) is 15.3 Å². The van der Waals surface area contributed by atoms with Crippen molar-refractivity contribution in [3.63, 3.8) is 0 Å². The molecular formula is C26H28N2OS. The Morgan fingerprint density at radius 1 is 1.17 bits per heavy atom. The van der Waals surface area contributed by atoms with Gasteiger partial charge in [0.1, 0.15) is 0 Å². The Kier molecular flexibility index (Phi) is 5.70. The van der Waals surface area contributed by atoms with Crippen LogP contribution in [0.15, 0.2) is 76.7 Å². The van der Waals surface area contributed by atoms with Gasteiger partial charge in [0, 0.05) is 16.7 Å². The number of hydrogen-bond donors (Lipinski definition) is 0. The number of fused-ring (bicyclic) bond motifs is 3. The van der Waals surface area contributed by atoms with Gasteiger partial charge >= 0.3 is 0 Å². The molecule has 4 rings (SSSR count). The van der Waals surface area contributed by atoms with Gasteiger partial charge in [0.25, 0.3) is 5.56 Å². The van der Waals surface area contributed by atoms with Gasteiger partial charge in [-0.3, -0.25) is 9.36 Å². The van der Waals surface area contributed by atoms with Crippen molar-refractivity contribution in [2.24, 2.45) is 0 Å². The van der Waals surface area contributed by atoms with E-state index in [1.54, 1.807) is 11.8 Å². The number of thioether (sulfide) groups is 1. The summed E-state index contributed by atoms with van der Waals surface area (Å²) in [6, 6.07) is 18.5. The lowest BCUT2D eigenvalue weighted by molar-refractivity contribution is 0.430. The van der Waals surface area contributed by atoms with E-state index in [1.807, 2.05) is 35.8 Å². The van der Waals surface area contributed by atoms with Crippen LogP contribution in [0.25, 0.3) is 11.3 Å². The molecule has 1 unspecified atom stereocenters. The van der Waals surface area contributed by atoms with Crippen molar-refractivity contribution in [2.75, 3.05) is 5.75 Å². The summed E-state index contributed by atoms with van der Waals surface area (Å²) < 4.78 is 1.86. The van der Waals surface area contributed by atoms with E-state index in [0.29, 0.717) is 6.54 Å². The minimum atomic E-state index is -0.218. The van der Waals surface area contributed by atoms with Gasteiger partial charge in [-0.1, -0.05) is 92.4 Å². The highest BCUT2D eigenvalue weighted by molar-refractivity contribution is 7.99. The molecule has 0 bridgehead atoms. The molecule has 0 fully saturated rings. The van der Waals surface area contributed by atoms with E-state index in [0.717, 1.165) is 51.7 Å². The number of nitrogens with zero attached hydrogens (tertiary/aromatic N) is 2. The molecule has 0 aliphatic heterocycles. The zero-order chi connectivity index (χ0) is 21.3. The Labute approximate surface area is 182 Å². The second-order valence-corrected chi connectivity index (χ2v) is 9.43. The van der Waals surface area contributed by atoms with Gasteiger partial charge in [-0.15, -0.1) is 0 Å². The third-order valence-electron chi connectivity index (χ3n) is 6.00. The van der Waals surface area contributed by atoms with Crippen LogP contribution < -0.4 is 5.56 Å². The van der Waals surface area contributed by atoms with Crippen LogP contribution in [0.3, 0.4) is 0 Å². The molecule has 2 aromatic carbocycles. The lowest BCUT2D eigenvalue weighted by Gasteiger charge is -2.36. The van der Waals surface area contributed by atoms with E-state index in [1.165, 1.54) is 5.56 Å². The summed E-state index contributed by atoms with van der Waals surface area (Å²) in [7, 11) is 0. The molecule has 1 aromatic heterocycles. The largest absolute Gasteiger partial charge is 0.283 e. The zero-order valence-corrected chi connectivity index (χ0v) is 18.8. The fourth-order valence-electron chi connectivity index (χ4n) is 4.19. The maximum absolute atomic E-state index is 14.0. The summed E-state index contributed by atoms with van der Waals surface area (Å²) in [5.74, 6) is 0.743. The predicted octanol–water partition coefficient (Wildman–Crippen LogP) is 5.85. The van der Waals surface area contributed by atoms with Crippen molar-refractivity contribution in [2.45, 2.75) is 50.7 Å². The minimum Gasteiger partial charge on any atom is -0.283 e. The average Bonchev–Trinajstić information content (AvgIpc) is 2.74. The van der Waals surface area contributed by atoms with Crippen molar-refractivity contribution in [3.8, 4) is 11.3 Å². The van der Waals surface area contributed by atoms with E-state index in [4.69, 9.17) is 4.98 Å². The fourth-order valence-corrected chi connectivity index (χ4v) is 5.03. The zero-order valence-electron chi connectivity index (χ0n) is 17.9. The summed E-state index contributed by atoms with van der Waals surface area (Å²) in [6.07, 6.45) is 1.77. The lowest BCUT2D eigenvalue weighted by Crippen LogP contribution is -2.40. The van der Waals surface area contributed by atoms with Crippen LogP contribution >= 0.6 is 11.8 Å². The first-order valence-corrected chi connectivity index (χ1v) is 11.5. The van der Waals surface area contributed by atoms with Crippen molar-refractivity contribution < 1.29 is 0 Å². The first-order valence-electron chi connectivity index (χ1n) is 10.5. The molecule has 1 atom stereocenters. The van der Waals surface area contributed by atoms with Crippen molar-refractivity contribution in [3.05, 3.63) is 93.8 Å². The molecule has 0 amide bonds. The van der Waals surface area contributed by atoms with Crippen LogP contribution in [0.5, 0.6) is 0 Å². The maximum Gasteiger partial charge on any atom is 0.258 e. The van der Waals surface area contributed by atoms with Crippen LogP contribution in [-0.2, 0) is 18.4 Å². The van der Waals surface area contributed by atoms with E-state index < -0.39 is 0 Å². The summed E-state index contributed by atoms with van der Waals surface area (Å²) in [4.78, 5) is 19.1. The van der Waals surface area contributed by atoms with Crippen LogP contribution in [0.4, 0.5) is 0 Å². The SMILES string of the molecule is C=C(C)CSc1nc2c(c(=O)n1Cc1ccccc1)C(C)(CC)Cc1ccccc1-2.